The van der Waals surface area contributed by atoms with Gasteiger partial charge in [0.2, 0.25) is 0 Å². The number of benzene rings is 2. The lowest BCUT2D eigenvalue weighted by Crippen LogP contribution is -2.28. The van der Waals surface area contributed by atoms with Crippen LogP contribution in [-0.2, 0) is 11.3 Å². The third kappa shape index (κ3) is 4.62. The second-order valence-electron chi connectivity index (χ2n) is 5.89. The Hall–Kier alpha value is -2.37. The van der Waals surface area contributed by atoms with Gasteiger partial charge < -0.3 is 10.1 Å². The molecule has 0 unspecified atom stereocenters. The first-order valence-corrected chi connectivity index (χ1v) is 9.40. The number of nitrogens with one attached hydrogen (secondary N) is 1. The largest absolute Gasteiger partial charge is 0.484 e. The average molecular weight is 387 g/mol. The van der Waals surface area contributed by atoms with Crippen molar-refractivity contribution in [3.05, 3.63) is 69.7 Å². The molecular weight excluding hydrogens is 368 g/mol. The fraction of sp³-hybridized carbons (Fsp3) is 0.200. The van der Waals surface area contributed by atoms with Crippen molar-refractivity contribution in [2.75, 3.05) is 6.61 Å². The summed E-state index contributed by atoms with van der Waals surface area (Å²) in [7, 11) is 0. The smallest absolute Gasteiger partial charge is 0.258 e. The Balaban J connectivity index is 1.58. The van der Waals surface area contributed by atoms with Gasteiger partial charge >= 0.3 is 0 Å². The van der Waals surface area contributed by atoms with Gasteiger partial charge in [-0.1, -0.05) is 41.9 Å². The Kier molecular flexibility index (Phi) is 5.91. The molecule has 1 aromatic heterocycles. The highest BCUT2D eigenvalue weighted by Crippen LogP contribution is 2.32. The van der Waals surface area contributed by atoms with E-state index < -0.39 is 0 Å². The van der Waals surface area contributed by atoms with Gasteiger partial charge in [-0.15, -0.1) is 11.3 Å². The van der Waals surface area contributed by atoms with Gasteiger partial charge in [-0.25, -0.2) is 4.98 Å². The van der Waals surface area contributed by atoms with Crippen molar-refractivity contribution in [3.8, 4) is 16.3 Å². The molecule has 0 aliphatic carbocycles. The van der Waals surface area contributed by atoms with E-state index in [0.717, 1.165) is 26.7 Å². The third-order valence-corrected chi connectivity index (χ3v) is 5.32. The number of nitrogens with zero attached hydrogens (tertiary/aromatic N) is 1. The van der Waals surface area contributed by atoms with E-state index in [-0.39, 0.29) is 12.5 Å². The van der Waals surface area contributed by atoms with Crippen LogP contribution in [0.5, 0.6) is 5.75 Å². The van der Waals surface area contributed by atoms with Crippen LogP contribution in [0.15, 0.2) is 48.5 Å². The van der Waals surface area contributed by atoms with Crippen LogP contribution >= 0.6 is 22.9 Å². The molecule has 26 heavy (non-hydrogen) atoms. The van der Waals surface area contributed by atoms with Crippen LogP contribution in [0.3, 0.4) is 0 Å². The summed E-state index contributed by atoms with van der Waals surface area (Å²) in [6.45, 7) is 4.32. The number of carbonyl (C=O) groups is 1. The van der Waals surface area contributed by atoms with Crippen LogP contribution < -0.4 is 10.1 Å². The fourth-order valence-corrected chi connectivity index (χ4v) is 3.75. The maximum Gasteiger partial charge on any atom is 0.258 e. The first-order chi connectivity index (χ1) is 12.5. The van der Waals surface area contributed by atoms with Gasteiger partial charge in [0.15, 0.2) is 6.61 Å². The summed E-state index contributed by atoms with van der Waals surface area (Å²) in [5.74, 6) is 0.522. The van der Waals surface area contributed by atoms with Crippen molar-refractivity contribution >= 4 is 28.8 Å². The SMILES string of the molecule is Cc1cccc(OCC(=O)NCc2sc(-c3ccccc3Cl)nc2C)c1. The summed E-state index contributed by atoms with van der Waals surface area (Å²) in [5.41, 5.74) is 2.89. The quantitative estimate of drug-likeness (QED) is 0.663. The molecule has 0 aliphatic rings. The standard InChI is InChI=1S/C20H19ClN2O2S/c1-13-6-5-7-15(10-13)25-12-19(24)22-11-18-14(2)23-20(26-18)16-8-3-4-9-17(16)21/h3-10H,11-12H2,1-2H3,(H,22,24). The number of hydrogen-bond donors (Lipinski definition) is 1. The van der Waals surface area contributed by atoms with Gasteiger partial charge in [0.1, 0.15) is 10.8 Å². The number of ether oxygens (including phenoxy) is 1. The average Bonchev–Trinajstić information content (AvgIpc) is 2.99. The molecule has 0 radical (unpaired) electrons. The Labute approximate surface area is 161 Å². The zero-order valence-electron chi connectivity index (χ0n) is 14.6. The van der Waals surface area contributed by atoms with Crippen molar-refractivity contribution in [2.24, 2.45) is 0 Å². The lowest BCUT2D eigenvalue weighted by Gasteiger charge is -2.07. The van der Waals surface area contributed by atoms with Gasteiger partial charge in [-0.3, -0.25) is 4.79 Å². The second-order valence-corrected chi connectivity index (χ2v) is 7.38. The summed E-state index contributed by atoms with van der Waals surface area (Å²) in [5, 5.41) is 4.40. The van der Waals surface area contributed by atoms with Crippen LogP contribution in [0.4, 0.5) is 0 Å². The molecule has 1 N–H and O–H groups in total. The van der Waals surface area contributed by atoms with E-state index in [1.54, 1.807) is 0 Å². The van der Waals surface area contributed by atoms with Gasteiger partial charge in [0, 0.05) is 10.4 Å². The lowest BCUT2D eigenvalue weighted by atomic mass is 10.2. The normalized spacial score (nSPS) is 10.6. The molecule has 0 saturated heterocycles. The molecule has 134 valence electrons. The maximum absolute atomic E-state index is 12.0. The number of rotatable bonds is 6. The van der Waals surface area contributed by atoms with Crippen LogP contribution in [0, 0.1) is 13.8 Å². The monoisotopic (exact) mass is 386 g/mol. The number of carbonyl (C=O) groups excluding carboxylic acids is 1. The highest BCUT2D eigenvalue weighted by molar-refractivity contribution is 7.15. The maximum atomic E-state index is 12.0. The van der Waals surface area contributed by atoms with Gasteiger partial charge in [0.05, 0.1) is 17.3 Å². The first-order valence-electron chi connectivity index (χ1n) is 8.20. The predicted octanol–water partition coefficient (Wildman–Crippen LogP) is 4.78. The topological polar surface area (TPSA) is 51.2 Å². The summed E-state index contributed by atoms with van der Waals surface area (Å²) >= 11 is 7.77. The van der Waals surface area contributed by atoms with E-state index in [1.165, 1.54) is 11.3 Å². The molecule has 1 heterocycles. The minimum absolute atomic E-state index is 0.0152. The number of aryl methyl sites for hydroxylation is 2. The Morgan fingerprint density at radius 2 is 2.00 bits per heavy atom. The van der Waals surface area contributed by atoms with E-state index in [2.05, 4.69) is 10.3 Å². The van der Waals surface area contributed by atoms with Crippen LogP contribution in [-0.4, -0.2) is 17.5 Å². The molecular formula is C20H19ClN2O2S. The number of amides is 1. The first kappa shape index (κ1) is 18.4. The van der Waals surface area contributed by atoms with E-state index in [9.17, 15) is 4.79 Å². The van der Waals surface area contributed by atoms with Gasteiger partial charge in [-0.2, -0.15) is 0 Å². The summed E-state index contributed by atoms with van der Waals surface area (Å²) in [4.78, 5) is 17.6. The van der Waals surface area contributed by atoms with Gasteiger partial charge in [-0.05, 0) is 37.6 Å². The minimum Gasteiger partial charge on any atom is -0.484 e. The number of halogens is 1. The molecule has 0 saturated carbocycles. The highest BCUT2D eigenvalue weighted by atomic mass is 35.5. The van der Waals surface area contributed by atoms with Crippen molar-refractivity contribution in [1.82, 2.24) is 10.3 Å². The number of hydrogen-bond acceptors (Lipinski definition) is 4. The van der Waals surface area contributed by atoms with Crippen LogP contribution in [0.25, 0.3) is 10.6 Å². The van der Waals surface area contributed by atoms with E-state index >= 15 is 0 Å². The van der Waals surface area contributed by atoms with E-state index in [1.807, 2.05) is 62.4 Å². The third-order valence-electron chi connectivity index (χ3n) is 3.80. The van der Waals surface area contributed by atoms with Crippen molar-refractivity contribution in [2.45, 2.75) is 20.4 Å². The molecule has 3 aromatic rings. The Morgan fingerprint density at radius 3 is 2.77 bits per heavy atom. The van der Waals surface area contributed by atoms with Crippen molar-refractivity contribution in [1.29, 1.82) is 0 Å². The molecule has 0 atom stereocenters. The molecule has 2 aromatic carbocycles. The number of aromatic nitrogens is 1. The lowest BCUT2D eigenvalue weighted by molar-refractivity contribution is -0.123. The summed E-state index contributed by atoms with van der Waals surface area (Å²) in [6.07, 6.45) is 0. The summed E-state index contributed by atoms with van der Waals surface area (Å²) in [6, 6.07) is 15.2. The van der Waals surface area contributed by atoms with E-state index in [4.69, 9.17) is 16.3 Å². The van der Waals surface area contributed by atoms with Crippen LogP contribution in [0.2, 0.25) is 5.02 Å². The highest BCUT2D eigenvalue weighted by Gasteiger charge is 2.13. The zero-order valence-corrected chi connectivity index (χ0v) is 16.2. The Morgan fingerprint density at radius 1 is 1.19 bits per heavy atom. The molecule has 0 spiro atoms. The van der Waals surface area contributed by atoms with Gasteiger partial charge in [0.25, 0.3) is 5.91 Å². The fourth-order valence-electron chi connectivity index (χ4n) is 2.43. The molecule has 0 bridgehead atoms. The van der Waals surface area contributed by atoms with Crippen molar-refractivity contribution < 1.29 is 9.53 Å². The number of thiazole rings is 1. The minimum atomic E-state index is -0.168. The van der Waals surface area contributed by atoms with Crippen molar-refractivity contribution in [3.63, 3.8) is 0 Å². The molecule has 1 amide bonds. The molecule has 3 rings (SSSR count). The Bertz CT molecular complexity index is 924. The molecule has 0 aliphatic heterocycles. The molecule has 0 fully saturated rings. The predicted molar refractivity (Wildman–Crippen MR) is 106 cm³/mol. The molecule has 6 heteroatoms. The zero-order chi connectivity index (χ0) is 18.5. The van der Waals surface area contributed by atoms with Crippen LogP contribution in [0.1, 0.15) is 16.1 Å². The molecule has 4 nitrogen and oxygen atoms in total. The second kappa shape index (κ2) is 8.34. The summed E-state index contributed by atoms with van der Waals surface area (Å²) < 4.78 is 5.52. The van der Waals surface area contributed by atoms with E-state index in [0.29, 0.717) is 17.3 Å².